The SMILES string of the molecule is N#Cc1ccncc1N1CCN(c2ccccn2)CC1. The van der Waals surface area contributed by atoms with E-state index < -0.39 is 0 Å². The Bertz CT molecular complexity index is 612. The van der Waals surface area contributed by atoms with E-state index in [4.69, 9.17) is 5.26 Å². The zero-order chi connectivity index (χ0) is 13.8. The van der Waals surface area contributed by atoms with Gasteiger partial charge in [-0.2, -0.15) is 5.26 Å². The van der Waals surface area contributed by atoms with Crippen molar-refractivity contribution in [2.24, 2.45) is 0 Å². The van der Waals surface area contributed by atoms with Gasteiger partial charge in [0.1, 0.15) is 11.9 Å². The average Bonchev–Trinajstić information content (AvgIpc) is 2.56. The molecule has 3 rings (SSSR count). The highest BCUT2D eigenvalue weighted by Gasteiger charge is 2.19. The number of nitriles is 1. The van der Waals surface area contributed by atoms with Crippen LogP contribution >= 0.6 is 0 Å². The maximum atomic E-state index is 9.15. The lowest BCUT2D eigenvalue weighted by molar-refractivity contribution is 0.646. The van der Waals surface area contributed by atoms with Crippen molar-refractivity contribution >= 4 is 11.5 Å². The van der Waals surface area contributed by atoms with Gasteiger partial charge in [-0.1, -0.05) is 6.07 Å². The lowest BCUT2D eigenvalue weighted by Crippen LogP contribution is -2.47. The summed E-state index contributed by atoms with van der Waals surface area (Å²) in [6, 6.07) is 9.95. The molecular formula is C15H15N5. The van der Waals surface area contributed by atoms with Crippen molar-refractivity contribution in [1.29, 1.82) is 5.26 Å². The highest BCUT2D eigenvalue weighted by atomic mass is 15.3. The molecule has 1 fully saturated rings. The van der Waals surface area contributed by atoms with Gasteiger partial charge in [-0.25, -0.2) is 4.98 Å². The number of pyridine rings is 2. The van der Waals surface area contributed by atoms with Gasteiger partial charge in [0.05, 0.1) is 17.4 Å². The van der Waals surface area contributed by atoms with Gasteiger partial charge < -0.3 is 9.80 Å². The standard InChI is InChI=1S/C15H15N5/c16-11-13-4-6-17-12-14(13)19-7-9-20(10-8-19)15-3-1-2-5-18-15/h1-6,12H,7-10H2. The molecule has 100 valence electrons. The minimum Gasteiger partial charge on any atom is -0.366 e. The van der Waals surface area contributed by atoms with Gasteiger partial charge in [-0.05, 0) is 18.2 Å². The third kappa shape index (κ3) is 2.41. The third-order valence-corrected chi connectivity index (χ3v) is 3.51. The second-order valence-corrected chi connectivity index (χ2v) is 4.67. The van der Waals surface area contributed by atoms with Crippen molar-refractivity contribution in [3.05, 3.63) is 48.4 Å². The minimum atomic E-state index is 0.686. The molecule has 0 radical (unpaired) electrons. The Morgan fingerprint density at radius 2 is 1.80 bits per heavy atom. The third-order valence-electron chi connectivity index (χ3n) is 3.51. The van der Waals surface area contributed by atoms with Crippen LogP contribution in [0.25, 0.3) is 0 Å². The van der Waals surface area contributed by atoms with Gasteiger partial charge in [0.25, 0.3) is 0 Å². The van der Waals surface area contributed by atoms with Crippen LogP contribution in [-0.4, -0.2) is 36.1 Å². The first kappa shape index (κ1) is 12.4. The molecule has 2 aromatic rings. The predicted molar refractivity (Wildman–Crippen MR) is 77.6 cm³/mol. The van der Waals surface area contributed by atoms with Gasteiger partial charge in [-0.3, -0.25) is 4.98 Å². The molecule has 0 saturated carbocycles. The maximum Gasteiger partial charge on any atom is 0.128 e. The van der Waals surface area contributed by atoms with Crippen LogP contribution in [0.4, 0.5) is 11.5 Å². The van der Waals surface area contributed by atoms with Gasteiger partial charge in [0.15, 0.2) is 0 Å². The van der Waals surface area contributed by atoms with E-state index in [1.54, 1.807) is 18.5 Å². The molecule has 0 amide bonds. The lowest BCUT2D eigenvalue weighted by atomic mass is 10.2. The first-order valence-electron chi connectivity index (χ1n) is 6.63. The number of nitrogens with zero attached hydrogens (tertiary/aromatic N) is 5. The Hall–Kier alpha value is -2.61. The highest BCUT2D eigenvalue weighted by molar-refractivity contribution is 5.58. The summed E-state index contributed by atoms with van der Waals surface area (Å²) in [5.74, 6) is 1.01. The van der Waals surface area contributed by atoms with E-state index in [-0.39, 0.29) is 0 Å². The normalized spacial score (nSPS) is 14.9. The number of hydrogen-bond acceptors (Lipinski definition) is 5. The molecule has 20 heavy (non-hydrogen) atoms. The summed E-state index contributed by atoms with van der Waals surface area (Å²) in [6.07, 6.45) is 5.25. The quantitative estimate of drug-likeness (QED) is 0.826. The number of piperazine rings is 1. The summed E-state index contributed by atoms with van der Waals surface area (Å²) in [5.41, 5.74) is 1.61. The number of aromatic nitrogens is 2. The molecule has 0 spiro atoms. The molecule has 1 aliphatic heterocycles. The molecule has 0 bridgehead atoms. The fraction of sp³-hybridized carbons (Fsp3) is 0.267. The first-order chi connectivity index (χ1) is 9.88. The number of rotatable bonds is 2. The molecule has 5 heteroatoms. The fourth-order valence-electron chi connectivity index (χ4n) is 2.45. The molecule has 0 unspecified atom stereocenters. The second-order valence-electron chi connectivity index (χ2n) is 4.67. The maximum absolute atomic E-state index is 9.15. The summed E-state index contributed by atoms with van der Waals surface area (Å²) in [7, 11) is 0. The van der Waals surface area contributed by atoms with E-state index in [1.807, 2.05) is 24.4 Å². The van der Waals surface area contributed by atoms with Gasteiger partial charge >= 0.3 is 0 Å². The smallest absolute Gasteiger partial charge is 0.128 e. The van der Waals surface area contributed by atoms with E-state index in [0.29, 0.717) is 5.56 Å². The number of anilines is 2. The Labute approximate surface area is 118 Å². The summed E-state index contributed by atoms with van der Waals surface area (Å²) >= 11 is 0. The van der Waals surface area contributed by atoms with E-state index in [0.717, 1.165) is 37.7 Å². The Balaban J connectivity index is 1.72. The van der Waals surface area contributed by atoms with Crippen molar-refractivity contribution in [3.63, 3.8) is 0 Å². The molecule has 2 aromatic heterocycles. The van der Waals surface area contributed by atoms with E-state index >= 15 is 0 Å². The molecule has 0 aliphatic carbocycles. The summed E-state index contributed by atoms with van der Waals surface area (Å²) in [4.78, 5) is 13.0. The minimum absolute atomic E-state index is 0.686. The monoisotopic (exact) mass is 265 g/mol. The van der Waals surface area contributed by atoms with Crippen LogP contribution in [0, 0.1) is 11.3 Å². The van der Waals surface area contributed by atoms with Crippen LogP contribution in [0.1, 0.15) is 5.56 Å². The summed E-state index contributed by atoms with van der Waals surface area (Å²) in [6.45, 7) is 3.54. The van der Waals surface area contributed by atoms with E-state index in [1.165, 1.54) is 0 Å². The topological polar surface area (TPSA) is 56.1 Å². The van der Waals surface area contributed by atoms with Gasteiger partial charge in [-0.15, -0.1) is 0 Å². The van der Waals surface area contributed by atoms with E-state index in [2.05, 4.69) is 25.8 Å². The average molecular weight is 265 g/mol. The van der Waals surface area contributed by atoms with Gasteiger partial charge in [0.2, 0.25) is 0 Å². The Kier molecular flexibility index (Phi) is 3.46. The van der Waals surface area contributed by atoms with Crippen LogP contribution < -0.4 is 9.80 Å². The van der Waals surface area contributed by atoms with Crippen molar-refractivity contribution in [2.75, 3.05) is 36.0 Å². The largest absolute Gasteiger partial charge is 0.366 e. The van der Waals surface area contributed by atoms with Crippen LogP contribution in [0.3, 0.4) is 0 Å². The number of hydrogen-bond donors (Lipinski definition) is 0. The molecule has 0 N–H and O–H groups in total. The summed E-state index contributed by atoms with van der Waals surface area (Å²) < 4.78 is 0. The Morgan fingerprint density at radius 1 is 1.00 bits per heavy atom. The molecule has 0 aromatic carbocycles. The molecular weight excluding hydrogens is 250 g/mol. The van der Waals surface area contributed by atoms with Crippen LogP contribution in [0.15, 0.2) is 42.9 Å². The first-order valence-corrected chi connectivity index (χ1v) is 6.63. The highest BCUT2D eigenvalue weighted by Crippen LogP contribution is 2.21. The zero-order valence-electron chi connectivity index (χ0n) is 11.1. The van der Waals surface area contributed by atoms with Crippen molar-refractivity contribution in [1.82, 2.24) is 9.97 Å². The van der Waals surface area contributed by atoms with Gasteiger partial charge in [0, 0.05) is 38.6 Å². The second kappa shape index (κ2) is 5.57. The fourth-order valence-corrected chi connectivity index (χ4v) is 2.45. The lowest BCUT2D eigenvalue weighted by Gasteiger charge is -2.36. The zero-order valence-corrected chi connectivity index (χ0v) is 11.1. The van der Waals surface area contributed by atoms with Crippen LogP contribution in [0.5, 0.6) is 0 Å². The molecule has 0 atom stereocenters. The van der Waals surface area contributed by atoms with Crippen LogP contribution in [0.2, 0.25) is 0 Å². The van der Waals surface area contributed by atoms with Crippen molar-refractivity contribution < 1.29 is 0 Å². The van der Waals surface area contributed by atoms with Crippen molar-refractivity contribution in [2.45, 2.75) is 0 Å². The van der Waals surface area contributed by atoms with Crippen LogP contribution in [-0.2, 0) is 0 Å². The molecule has 1 saturated heterocycles. The van der Waals surface area contributed by atoms with E-state index in [9.17, 15) is 0 Å². The molecule has 3 heterocycles. The molecule has 5 nitrogen and oxygen atoms in total. The summed E-state index contributed by atoms with van der Waals surface area (Å²) in [5, 5.41) is 9.15. The molecule has 1 aliphatic rings. The Morgan fingerprint density at radius 3 is 2.50 bits per heavy atom. The predicted octanol–water partition coefficient (Wildman–Crippen LogP) is 1.67. The van der Waals surface area contributed by atoms with Crippen molar-refractivity contribution in [3.8, 4) is 6.07 Å².